The summed E-state index contributed by atoms with van der Waals surface area (Å²) >= 11 is 1.32. The van der Waals surface area contributed by atoms with Crippen molar-refractivity contribution in [2.45, 2.75) is 26.7 Å². The number of carboxylic acid groups (broad SMARTS) is 1. The van der Waals surface area contributed by atoms with E-state index in [0.29, 0.717) is 31.1 Å². The second kappa shape index (κ2) is 5.71. The smallest absolute Gasteiger partial charge is 0.338 e. The lowest BCUT2D eigenvalue weighted by molar-refractivity contribution is -0.122. The van der Waals surface area contributed by atoms with Crippen molar-refractivity contribution in [2.75, 3.05) is 18.5 Å². The molecule has 0 aromatic carbocycles. The zero-order chi connectivity index (χ0) is 14.0. The molecule has 2 rings (SSSR count). The van der Waals surface area contributed by atoms with Crippen molar-refractivity contribution in [3.8, 4) is 0 Å². The number of nitrogens with one attached hydrogen (secondary N) is 1. The van der Waals surface area contributed by atoms with Crippen LogP contribution in [0.15, 0.2) is 0 Å². The van der Waals surface area contributed by atoms with Gasteiger partial charge in [-0.15, -0.1) is 11.3 Å². The average molecular weight is 283 g/mol. The Morgan fingerprint density at radius 3 is 2.53 bits per heavy atom. The zero-order valence-electron chi connectivity index (χ0n) is 11.0. The van der Waals surface area contributed by atoms with E-state index in [-0.39, 0.29) is 17.4 Å². The van der Waals surface area contributed by atoms with Crippen LogP contribution in [0.4, 0.5) is 5.00 Å². The molecule has 0 atom stereocenters. The first-order valence-corrected chi connectivity index (χ1v) is 7.04. The second-order valence-electron chi connectivity index (χ2n) is 4.67. The summed E-state index contributed by atoms with van der Waals surface area (Å²) in [5.41, 5.74) is 0.933. The normalized spacial score (nSPS) is 16.3. The van der Waals surface area contributed by atoms with Crippen molar-refractivity contribution in [3.05, 3.63) is 16.0 Å². The van der Waals surface area contributed by atoms with Crippen LogP contribution in [-0.4, -0.2) is 30.2 Å². The van der Waals surface area contributed by atoms with Crippen LogP contribution in [0.5, 0.6) is 0 Å². The quantitative estimate of drug-likeness (QED) is 0.893. The van der Waals surface area contributed by atoms with E-state index in [1.165, 1.54) is 11.3 Å². The molecule has 0 saturated carbocycles. The molecule has 0 radical (unpaired) electrons. The van der Waals surface area contributed by atoms with Gasteiger partial charge in [-0.1, -0.05) is 0 Å². The molecule has 0 aliphatic carbocycles. The number of hydrogen-bond acceptors (Lipinski definition) is 4. The van der Waals surface area contributed by atoms with Crippen LogP contribution in [0.1, 0.15) is 33.6 Å². The molecule has 0 bridgehead atoms. The number of aryl methyl sites for hydroxylation is 1. The highest BCUT2D eigenvalue weighted by atomic mass is 32.1. The van der Waals surface area contributed by atoms with Crippen molar-refractivity contribution in [1.82, 2.24) is 0 Å². The maximum atomic E-state index is 12.1. The highest BCUT2D eigenvalue weighted by Gasteiger charge is 2.25. The highest BCUT2D eigenvalue weighted by Crippen LogP contribution is 2.33. The maximum absolute atomic E-state index is 12.1. The molecular weight excluding hydrogens is 266 g/mol. The standard InChI is InChI=1S/C13H17NO4S/c1-7-8(2)19-12(10(7)13(16)17)14-11(15)9-3-5-18-6-4-9/h9H,3-6H2,1-2H3,(H,14,15)(H,16,17). The van der Waals surface area contributed by atoms with E-state index in [1.807, 2.05) is 6.92 Å². The van der Waals surface area contributed by atoms with Crippen LogP contribution < -0.4 is 5.32 Å². The summed E-state index contributed by atoms with van der Waals surface area (Å²) in [6, 6.07) is 0. The van der Waals surface area contributed by atoms with Gasteiger partial charge in [-0.3, -0.25) is 4.79 Å². The minimum atomic E-state index is -0.996. The van der Waals surface area contributed by atoms with Gasteiger partial charge < -0.3 is 15.2 Å². The fourth-order valence-electron chi connectivity index (χ4n) is 2.15. The molecule has 2 N–H and O–H groups in total. The second-order valence-corrected chi connectivity index (χ2v) is 5.89. The molecule has 1 amide bonds. The van der Waals surface area contributed by atoms with E-state index < -0.39 is 5.97 Å². The first-order chi connectivity index (χ1) is 9.00. The largest absolute Gasteiger partial charge is 0.478 e. The van der Waals surface area contributed by atoms with Crippen LogP contribution in [0, 0.1) is 19.8 Å². The number of aromatic carboxylic acids is 1. The molecule has 1 aliphatic heterocycles. The van der Waals surface area contributed by atoms with Crippen LogP contribution >= 0.6 is 11.3 Å². The van der Waals surface area contributed by atoms with Gasteiger partial charge in [0, 0.05) is 24.0 Å². The number of amides is 1. The third-order valence-electron chi connectivity index (χ3n) is 3.43. The average Bonchev–Trinajstić information content (AvgIpc) is 2.65. The number of carbonyl (C=O) groups is 2. The third-order valence-corrected chi connectivity index (χ3v) is 4.55. The highest BCUT2D eigenvalue weighted by molar-refractivity contribution is 7.16. The Morgan fingerprint density at radius 2 is 1.95 bits per heavy atom. The lowest BCUT2D eigenvalue weighted by Crippen LogP contribution is -2.28. The molecule has 5 nitrogen and oxygen atoms in total. The minimum Gasteiger partial charge on any atom is -0.478 e. The van der Waals surface area contributed by atoms with Crippen molar-refractivity contribution in [1.29, 1.82) is 0 Å². The summed E-state index contributed by atoms with van der Waals surface area (Å²) in [5.74, 6) is -1.19. The van der Waals surface area contributed by atoms with E-state index in [2.05, 4.69) is 5.32 Å². The zero-order valence-corrected chi connectivity index (χ0v) is 11.8. The van der Waals surface area contributed by atoms with Gasteiger partial charge in [0.1, 0.15) is 5.00 Å². The summed E-state index contributed by atoms with van der Waals surface area (Å²) in [6.07, 6.45) is 1.38. The van der Waals surface area contributed by atoms with Crippen LogP contribution in [0.2, 0.25) is 0 Å². The lowest BCUT2D eigenvalue weighted by Gasteiger charge is -2.20. The predicted molar refractivity (Wildman–Crippen MR) is 72.9 cm³/mol. The molecule has 0 spiro atoms. The van der Waals surface area contributed by atoms with Crippen molar-refractivity contribution in [3.63, 3.8) is 0 Å². The molecule has 1 aromatic heterocycles. The van der Waals surface area contributed by atoms with E-state index in [9.17, 15) is 14.7 Å². The van der Waals surface area contributed by atoms with Crippen LogP contribution in [0.25, 0.3) is 0 Å². The first kappa shape index (κ1) is 14.0. The topological polar surface area (TPSA) is 75.6 Å². The number of anilines is 1. The van der Waals surface area contributed by atoms with Gasteiger partial charge in [-0.05, 0) is 32.3 Å². The molecule has 1 fully saturated rings. The lowest BCUT2D eigenvalue weighted by atomic mass is 9.99. The van der Waals surface area contributed by atoms with Crippen LogP contribution in [0.3, 0.4) is 0 Å². The summed E-state index contributed by atoms with van der Waals surface area (Å²) < 4.78 is 5.21. The van der Waals surface area contributed by atoms with E-state index in [0.717, 1.165) is 10.4 Å². The summed E-state index contributed by atoms with van der Waals surface area (Å²) in [4.78, 5) is 24.3. The molecule has 104 valence electrons. The molecule has 1 aromatic rings. The molecule has 6 heteroatoms. The van der Waals surface area contributed by atoms with Crippen molar-refractivity contribution < 1.29 is 19.4 Å². The monoisotopic (exact) mass is 283 g/mol. The Bertz CT molecular complexity index is 503. The van der Waals surface area contributed by atoms with Crippen LogP contribution in [-0.2, 0) is 9.53 Å². The van der Waals surface area contributed by atoms with Gasteiger partial charge in [0.15, 0.2) is 0 Å². The molecule has 1 aliphatic rings. The molecule has 2 heterocycles. The minimum absolute atomic E-state index is 0.0851. The van der Waals surface area contributed by atoms with Gasteiger partial charge in [0.05, 0.1) is 5.56 Å². The van der Waals surface area contributed by atoms with Crippen molar-refractivity contribution >= 4 is 28.2 Å². The van der Waals surface area contributed by atoms with Crippen molar-refractivity contribution in [2.24, 2.45) is 5.92 Å². The third kappa shape index (κ3) is 2.96. The number of hydrogen-bond donors (Lipinski definition) is 2. The Kier molecular flexibility index (Phi) is 4.21. The summed E-state index contributed by atoms with van der Waals surface area (Å²) in [7, 11) is 0. The fraction of sp³-hybridized carbons (Fsp3) is 0.538. The molecular formula is C13H17NO4S. The van der Waals surface area contributed by atoms with E-state index in [4.69, 9.17) is 4.74 Å². The van der Waals surface area contributed by atoms with Gasteiger partial charge in [-0.2, -0.15) is 0 Å². The number of thiophene rings is 1. The maximum Gasteiger partial charge on any atom is 0.338 e. The summed E-state index contributed by atoms with van der Waals surface area (Å²) in [5, 5.41) is 12.4. The van der Waals surface area contributed by atoms with E-state index >= 15 is 0 Å². The van der Waals surface area contributed by atoms with Gasteiger partial charge in [0.2, 0.25) is 5.91 Å². The fourth-order valence-corrected chi connectivity index (χ4v) is 3.20. The summed E-state index contributed by atoms with van der Waals surface area (Å²) in [6.45, 7) is 4.80. The van der Waals surface area contributed by atoms with E-state index in [1.54, 1.807) is 6.92 Å². The van der Waals surface area contributed by atoms with Gasteiger partial charge >= 0.3 is 5.97 Å². The number of carboxylic acids is 1. The number of carbonyl (C=O) groups excluding carboxylic acids is 1. The molecule has 0 unspecified atom stereocenters. The Labute approximate surface area is 115 Å². The predicted octanol–water partition coefficient (Wildman–Crippen LogP) is 2.43. The molecule has 1 saturated heterocycles. The van der Waals surface area contributed by atoms with Gasteiger partial charge in [-0.25, -0.2) is 4.79 Å². The Hall–Kier alpha value is -1.40. The molecule has 19 heavy (non-hydrogen) atoms. The Balaban J connectivity index is 2.16. The Morgan fingerprint density at radius 1 is 1.32 bits per heavy atom. The number of rotatable bonds is 3. The van der Waals surface area contributed by atoms with Gasteiger partial charge in [0.25, 0.3) is 0 Å². The SMILES string of the molecule is Cc1sc(NC(=O)C2CCOCC2)c(C(=O)O)c1C. The first-order valence-electron chi connectivity index (χ1n) is 6.22. The number of ether oxygens (including phenoxy) is 1.